The van der Waals surface area contributed by atoms with Gasteiger partial charge in [0.05, 0.1) is 0 Å². The van der Waals surface area contributed by atoms with E-state index in [2.05, 4.69) is 0 Å². The molecule has 1 aliphatic rings. The predicted molar refractivity (Wildman–Crippen MR) is 168 cm³/mol. The van der Waals surface area contributed by atoms with Crippen LogP contribution in [0.2, 0.25) is 0 Å². The van der Waals surface area contributed by atoms with Crippen molar-refractivity contribution in [3.05, 3.63) is 89.5 Å². The van der Waals surface area contributed by atoms with Gasteiger partial charge in [-0.3, -0.25) is 14.4 Å². The number of carboxylic acid groups (broad SMARTS) is 1. The molecule has 11 N–H and O–H groups in total. The SMILES string of the molecule is O=C(O)C1(O)C[C@](O)(C(=O)/C=C/c2ccc(O)c(O)c2)C(O)(C(=O)/C=C/c2ccc(O)c(O)c2)[C@@](O)(C(=O)/C=C/c2ccc(O)c(O)c2)C1. The number of aliphatic hydroxyl groups is 4. The third kappa shape index (κ3) is 6.46. The van der Waals surface area contributed by atoms with E-state index in [4.69, 9.17) is 0 Å². The molecule has 1 fully saturated rings. The highest BCUT2D eigenvalue weighted by atomic mass is 16.4. The summed E-state index contributed by atoms with van der Waals surface area (Å²) in [5, 5.41) is 115. The van der Waals surface area contributed by atoms with Gasteiger partial charge in [0.1, 0.15) is 0 Å². The smallest absolute Gasteiger partial charge is 0.335 e. The van der Waals surface area contributed by atoms with Crippen molar-refractivity contribution in [2.75, 3.05) is 0 Å². The molecule has 1 saturated carbocycles. The Bertz CT molecular complexity index is 1850. The second kappa shape index (κ2) is 12.9. The molecule has 0 aliphatic heterocycles. The van der Waals surface area contributed by atoms with Gasteiger partial charge >= 0.3 is 5.97 Å². The molecule has 0 amide bonds. The Hall–Kier alpha value is -6.00. The largest absolute Gasteiger partial charge is 0.504 e. The lowest BCUT2D eigenvalue weighted by Crippen LogP contribution is -2.82. The van der Waals surface area contributed by atoms with Gasteiger partial charge in [0, 0.05) is 12.8 Å². The van der Waals surface area contributed by atoms with Gasteiger partial charge in [-0.05, 0) is 71.3 Å². The Balaban J connectivity index is 1.92. The Morgan fingerprint density at radius 1 is 0.490 bits per heavy atom. The van der Waals surface area contributed by atoms with Crippen LogP contribution in [0.25, 0.3) is 18.2 Å². The first-order valence-corrected chi connectivity index (χ1v) is 14.1. The first kappa shape index (κ1) is 35.8. The van der Waals surface area contributed by atoms with Crippen LogP contribution in [0.5, 0.6) is 34.5 Å². The number of phenolic OH excluding ortho intramolecular Hbond substituents is 6. The van der Waals surface area contributed by atoms with Gasteiger partial charge in [-0.15, -0.1) is 0 Å². The standard InChI is InChI=1S/C34H30O15/c35-21-7-1-18(13-24(21)38)4-10-27(41)32(47)16-31(46,30(44)45)17-33(48,28(42)11-5-19-2-8-22(36)25(39)14-19)34(32,49)29(43)12-6-20-3-9-23(37)26(40)15-20/h1-15,35-40,46-49H,16-17H2,(H,44,45)/b10-4+,11-5+,12-6+/t31?,32-,33-,34?/m0/s1. The summed E-state index contributed by atoms with van der Waals surface area (Å²) in [4.78, 5) is 53.7. The van der Waals surface area contributed by atoms with Crippen molar-refractivity contribution in [3.8, 4) is 34.5 Å². The molecule has 2 atom stereocenters. The van der Waals surface area contributed by atoms with Gasteiger partial charge in [0.25, 0.3) is 0 Å². The normalized spacial score (nSPS) is 25.6. The van der Waals surface area contributed by atoms with Gasteiger partial charge in [-0.25, -0.2) is 4.79 Å². The first-order valence-electron chi connectivity index (χ1n) is 14.1. The van der Waals surface area contributed by atoms with Gasteiger partial charge in [-0.1, -0.05) is 36.4 Å². The molecule has 0 heterocycles. The molecule has 256 valence electrons. The second-order valence-electron chi connectivity index (χ2n) is 11.5. The predicted octanol–water partition coefficient (Wildman–Crippen LogP) is 0.870. The number of aliphatic carboxylic acids is 1. The van der Waals surface area contributed by atoms with Crippen molar-refractivity contribution < 1.29 is 75.3 Å². The lowest BCUT2D eigenvalue weighted by Gasteiger charge is -2.55. The minimum absolute atomic E-state index is 0.00452. The van der Waals surface area contributed by atoms with E-state index < -0.39 is 93.1 Å². The molecular weight excluding hydrogens is 648 g/mol. The molecule has 3 aromatic rings. The Kier molecular flexibility index (Phi) is 9.43. The maximum absolute atomic E-state index is 13.9. The summed E-state index contributed by atoms with van der Waals surface area (Å²) in [7, 11) is 0. The van der Waals surface area contributed by atoms with Crippen LogP contribution in [0.3, 0.4) is 0 Å². The summed E-state index contributed by atoms with van der Waals surface area (Å²) in [5.41, 5.74) is -14.8. The third-order valence-electron chi connectivity index (χ3n) is 8.14. The molecule has 15 nitrogen and oxygen atoms in total. The van der Waals surface area contributed by atoms with E-state index in [1.165, 1.54) is 18.2 Å². The number of aromatic hydroxyl groups is 6. The highest BCUT2D eigenvalue weighted by Gasteiger charge is 2.77. The van der Waals surface area contributed by atoms with E-state index in [0.29, 0.717) is 18.2 Å². The van der Waals surface area contributed by atoms with Crippen molar-refractivity contribution in [3.63, 3.8) is 0 Å². The lowest BCUT2D eigenvalue weighted by atomic mass is 9.53. The second-order valence-corrected chi connectivity index (χ2v) is 11.5. The number of hydrogen-bond acceptors (Lipinski definition) is 14. The number of phenols is 6. The zero-order chi connectivity index (χ0) is 36.5. The van der Waals surface area contributed by atoms with Gasteiger partial charge in [0.2, 0.25) is 0 Å². The monoisotopic (exact) mass is 678 g/mol. The van der Waals surface area contributed by atoms with E-state index in [-0.39, 0.29) is 16.7 Å². The van der Waals surface area contributed by atoms with Crippen molar-refractivity contribution in [2.45, 2.75) is 35.2 Å². The number of benzene rings is 3. The number of carboxylic acids is 1. The molecule has 0 spiro atoms. The summed E-state index contributed by atoms with van der Waals surface area (Å²) in [6, 6.07) is 9.56. The van der Waals surface area contributed by atoms with Crippen LogP contribution < -0.4 is 0 Å². The molecular formula is C34H30O15. The van der Waals surface area contributed by atoms with E-state index in [0.717, 1.165) is 54.6 Å². The highest BCUT2D eigenvalue weighted by molar-refractivity contribution is 6.16. The highest BCUT2D eigenvalue weighted by Crippen LogP contribution is 2.51. The van der Waals surface area contributed by atoms with Crippen LogP contribution in [-0.2, 0) is 19.2 Å². The number of carbonyl (C=O) groups excluding carboxylic acids is 3. The van der Waals surface area contributed by atoms with E-state index in [1.807, 2.05) is 0 Å². The Morgan fingerprint density at radius 3 is 1.08 bits per heavy atom. The van der Waals surface area contributed by atoms with Crippen LogP contribution >= 0.6 is 0 Å². The van der Waals surface area contributed by atoms with Crippen LogP contribution in [-0.4, -0.2) is 102 Å². The molecule has 3 aromatic carbocycles. The zero-order valence-corrected chi connectivity index (χ0v) is 25.1. The maximum atomic E-state index is 13.9. The quantitative estimate of drug-likeness (QED) is 0.105. The minimum atomic E-state index is -3.95. The number of hydrogen-bond donors (Lipinski definition) is 11. The van der Waals surface area contributed by atoms with Crippen molar-refractivity contribution >= 4 is 41.5 Å². The molecule has 0 unspecified atom stereocenters. The molecule has 0 saturated heterocycles. The van der Waals surface area contributed by atoms with Crippen LogP contribution in [0.4, 0.5) is 0 Å². The number of ketones is 3. The fraction of sp³-hybridized carbons (Fsp3) is 0.176. The van der Waals surface area contributed by atoms with E-state index >= 15 is 0 Å². The average Bonchev–Trinajstić information content (AvgIpc) is 3.04. The summed E-state index contributed by atoms with van der Waals surface area (Å²) in [5.74, 6) is -10.8. The average molecular weight is 679 g/mol. The minimum Gasteiger partial charge on any atom is -0.504 e. The molecule has 1 aliphatic carbocycles. The van der Waals surface area contributed by atoms with Gasteiger partial charge in [0.15, 0.2) is 74.3 Å². The van der Waals surface area contributed by atoms with Crippen molar-refractivity contribution in [2.24, 2.45) is 0 Å². The zero-order valence-electron chi connectivity index (χ0n) is 25.1. The topological polar surface area (TPSA) is 291 Å². The molecule has 0 bridgehead atoms. The van der Waals surface area contributed by atoms with Crippen LogP contribution in [0, 0.1) is 0 Å². The van der Waals surface area contributed by atoms with Crippen LogP contribution in [0.1, 0.15) is 29.5 Å². The number of carbonyl (C=O) groups is 4. The molecule has 0 aromatic heterocycles. The fourth-order valence-corrected chi connectivity index (χ4v) is 5.44. The summed E-state index contributed by atoms with van der Waals surface area (Å²) in [6.45, 7) is 0. The molecule has 15 heteroatoms. The van der Waals surface area contributed by atoms with Crippen molar-refractivity contribution in [1.29, 1.82) is 0 Å². The summed E-state index contributed by atoms with van der Waals surface area (Å²) in [6.07, 6.45) is 0.964. The van der Waals surface area contributed by atoms with E-state index in [1.54, 1.807) is 0 Å². The van der Waals surface area contributed by atoms with E-state index in [9.17, 15) is 75.3 Å². The number of rotatable bonds is 10. The Morgan fingerprint density at radius 2 is 0.796 bits per heavy atom. The Labute approximate surface area is 276 Å². The molecule has 49 heavy (non-hydrogen) atoms. The third-order valence-corrected chi connectivity index (χ3v) is 8.14. The fourth-order valence-electron chi connectivity index (χ4n) is 5.44. The molecule has 0 radical (unpaired) electrons. The van der Waals surface area contributed by atoms with Gasteiger partial charge in [-0.2, -0.15) is 0 Å². The van der Waals surface area contributed by atoms with Crippen molar-refractivity contribution in [1.82, 2.24) is 0 Å². The molecule has 4 rings (SSSR count). The van der Waals surface area contributed by atoms with Gasteiger partial charge < -0.3 is 56.2 Å². The summed E-state index contributed by atoms with van der Waals surface area (Å²) >= 11 is 0. The first-order chi connectivity index (χ1) is 22.8. The van der Waals surface area contributed by atoms with Crippen LogP contribution in [0.15, 0.2) is 72.8 Å². The lowest BCUT2D eigenvalue weighted by molar-refractivity contribution is -0.267. The maximum Gasteiger partial charge on any atom is 0.335 e. The summed E-state index contributed by atoms with van der Waals surface area (Å²) < 4.78 is 0.